The molecule has 0 saturated carbocycles. The summed E-state index contributed by atoms with van der Waals surface area (Å²) >= 11 is 0. The summed E-state index contributed by atoms with van der Waals surface area (Å²) in [6.45, 7) is 2.93. The number of rotatable bonds is 23. The lowest BCUT2D eigenvalue weighted by Gasteiger charge is -2.32. The third-order valence-corrected chi connectivity index (χ3v) is 9.23. The molecule has 0 radical (unpaired) electrons. The Morgan fingerprint density at radius 3 is 2.04 bits per heavy atom. The molecule has 3 rings (SSSR count). The molecule has 0 aromatic carbocycles. The summed E-state index contributed by atoms with van der Waals surface area (Å²) in [5.41, 5.74) is 6.12. The highest BCUT2D eigenvalue weighted by Gasteiger charge is 2.40. The summed E-state index contributed by atoms with van der Waals surface area (Å²) in [7, 11) is 0. The van der Waals surface area contributed by atoms with Gasteiger partial charge in [-0.2, -0.15) is 0 Å². The first-order valence-electron chi connectivity index (χ1n) is 17.8. The van der Waals surface area contributed by atoms with Gasteiger partial charge in [0.25, 0.3) is 0 Å². The van der Waals surface area contributed by atoms with Crippen LogP contribution in [0.15, 0.2) is 12.5 Å². The first kappa shape index (κ1) is 37.0. The van der Waals surface area contributed by atoms with Gasteiger partial charge < -0.3 is 26.3 Å². The molecule has 3 heterocycles. The molecule has 1 aromatic heterocycles. The van der Waals surface area contributed by atoms with Crippen LogP contribution < -0.4 is 16.4 Å². The van der Waals surface area contributed by atoms with Crippen LogP contribution in [0.1, 0.15) is 135 Å². The maximum Gasteiger partial charge on any atom is 0.324 e. The van der Waals surface area contributed by atoms with Gasteiger partial charge in [-0.15, -0.1) is 0 Å². The lowest BCUT2D eigenvalue weighted by Crippen LogP contribution is -2.62. The molecule has 46 heavy (non-hydrogen) atoms. The highest BCUT2D eigenvalue weighted by Crippen LogP contribution is 2.20. The van der Waals surface area contributed by atoms with E-state index < -0.39 is 47.8 Å². The Hall–Kier alpha value is -3.44. The minimum Gasteiger partial charge on any atom is -0.368 e. The van der Waals surface area contributed by atoms with Crippen molar-refractivity contribution in [2.45, 2.75) is 153 Å². The average molecular weight is 644 g/mol. The Morgan fingerprint density at radius 2 is 1.52 bits per heavy atom. The molecule has 258 valence electrons. The molecule has 0 aliphatic carbocycles. The summed E-state index contributed by atoms with van der Waals surface area (Å²) in [5.74, 6) is -2.07. The van der Waals surface area contributed by atoms with Crippen LogP contribution in [0, 0.1) is 0 Å². The molecular formula is C34H57N7O5. The molecule has 6 amide bonds. The van der Waals surface area contributed by atoms with E-state index in [-0.39, 0.29) is 12.8 Å². The van der Waals surface area contributed by atoms with Gasteiger partial charge in [0, 0.05) is 31.4 Å². The van der Waals surface area contributed by atoms with E-state index in [9.17, 15) is 24.0 Å². The second-order valence-electron chi connectivity index (χ2n) is 13.0. The van der Waals surface area contributed by atoms with E-state index >= 15 is 0 Å². The number of carbonyl (C=O) groups excluding carboxylic acids is 5. The smallest absolute Gasteiger partial charge is 0.324 e. The third-order valence-electron chi connectivity index (χ3n) is 9.23. The molecule has 0 unspecified atom stereocenters. The summed E-state index contributed by atoms with van der Waals surface area (Å²) in [4.78, 5) is 73.6. The van der Waals surface area contributed by atoms with E-state index in [1.165, 1.54) is 93.2 Å². The summed E-state index contributed by atoms with van der Waals surface area (Å²) in [6, 6.07) is -3.45. The maximum atomic E-state index is 13.4. The molecule has 2 saturated heterocycles. The lowest BCUT2D eigenvalue weighted by molar-refractivity contribution is -0.141. The number of nitrogens with one attached hydrogen (secondary N) is 3. The van der Waals surface area contributed by atoms with Crippen LogP contribution in [0.3, 0.4) is 0 Å². The van der Waals surface area contributed by atoms with Crippen molar-refractivity contribution < 1.29 is 24.0 Å². The Kier molecular flexibility index (Phi) is 16.6. The highest BCUT2D eigenvalue weighted by molar-refractivity contribution is 6.03. The number of H-pyrrole nitrogens is 1. The van der Waals surface area contributed by atoms with Gasteiger partial charge in [0.2, 0.25) is 23.6 Å². The molecule has 1 aromatic rings. The quantitative estimate of drug-likeness (QED) is 0.128. The number of imide groups is 1. The van der Waals surface area contributed by atoms with Crippen molar-refractivity contribution in [3.8, 4) is 0 Å². The van der Waals surface area contributed by atoms with E-state index in [0.29, 0.717) is 31.6 Å². The molecule has 5 N–H and O–H groups in total. The van der Waals surface area contributed by atoms with Crippen LogP contribution in [-0.2, 0) is 25.6 Å². The standard InChI is InChI=1S/C34H57N7O5/c1-2-3-4-5-6-7-8-9-10-11-12-13-14-15-16-17-20-41-30(42)23-27(39-34(41)46)32(44)38-28(22-26-24-36-25-37-26)33(45)40-21-18-19-29(40)31(35)43/h24-25,27-29H,2-23H2,1H3,(H2,35,43)(H,36,37)(H,38,44)(H,39,46)/t27-,28-,29-/m0/s1. The number of hydrogen-bond donors (Lipinski definition) is 4. The zero-order valence-electron chi connectivity index (χ0n) is 27.9. The van der Waals surface area contributed by atoms with Gasteiger partial charge in [0.1, 0.15) is 18.1 Å². The van der Waals surface area contributed by atoms with Crippen molar-refractivity contribution >= 4 is 29.7 Å². The minimum atomic E-state index is -1.09. The molecule has 0 bridgehead atoms. The highest BCUT2D eigenvalue weighted by atomic mass is 16.2. The summed E-state index contributed by atoms with van der Waals surface area (Å²) in [5, 5.41) is 5.34. The fraction of sp³-hybridized carbons (Fsp3) is 0.765. The number of primary amides is 1. The van der Waals surface area contributed by atoms with Crippen molar-refractivity contribution in [1.82, 2.24) is 30.4 Å². The first-order valence-corrected chi connectivity index (χ1v) is 17.8. The monoisotopic (exact) mass is 643 g/mol. The van der Waals surface area contributed by atoms with Gasteiger partial charge in [0.15, 0.2) is 0 Å². The van der Waals surface area contributed by atoms with E-state index in [4.69, 9.17) is 5.73 Å². The van der Waals surface area contributed by atoms with E-state index in [1.54, 1.807) is 6.20 Å². The number of likely N-dealkylation sites (tertiary alicyclic amines) is 1. The van der Waals surface area contributed by atoms with E-state index in [1.807, 2.05) is 0 Å². The van der Waals surface area contributed by atoms with Crippen molar-refractivity contribution in [3.63, 3.8) is 0 Å². The van der Waals surface area contributed by atoms with Gasteiger partial charge in [-0.1, -0.05) is 103 Å². The van der Waals surface area contributed by atoms with Crippen LogP contribution >= 0.6 is 0 Å². The van der Waals surface area contributed by atoms with E-state index in [2.05, 4.69) is 27.5 Å². The number of amides is 6. The predicted molar refractivity (Wildman–Crippen MR) is 176 cm³/mol. The van der Waals surface area contributed by atoms with Crippen molar-refractivity contribution in [1.29, 1.82) is 0 Å². The second kappa shape index (κ2) is 20.6. The number of carbonyl (C=O) groups is 5. The fourth-order valence-corrected chi connectivity index (χ4v) is 6.49. The molecule has 2 aliphatic heterocycles. The number of nitrogens with zero attached hydrogens (tertiary/aromatic N) is 3. The van der Waals surface area contributed by atoms with Crippen molar-refractivity contribution in [3.05, 3.63) is 18.2 Å². The van der Waals surface area contributed by atoms with Crippen LogP contribution in [0.25, 0.3) is 0 Å². The Balaban J connectivity index is 1.32. The van der Waals surface area contributed by atoms with Crippen molar-refractivity contribution in [2.75, 3.05) is 13.1 Å². The zero-order chi connectivity index (χ0) is 33.1. The maximum absolute atomic E-state index is 13.4. The number of aromatic amines is 1. The van der Waals surface area contributed by atoms with Gasteiger partial charge in [-0.05, 0) is 19.3 Å². The minimum absolute atomic E-state index is 0.104. The largest absolute Gasteiger partial charge is 0.368 e. The molecule has 12 nitrogen and oxygen atoms in total. The van der Waals surface area contributed by atoms with Crippen LogP contribution in [0.4, 0.5) is 4.79 Å². The van der Waals surface area contributed by atoms with Gasteiger partial charge >= 0.3 is 6.03 Å². The first-order chi connectivity index (χ1) is 22.3. The Bertz CT molecular complexity index is 1080. The molecule has 0 spiro atoms. The van der Waals surface area contributed by atoms with Crippen LogP contribution in [0.5, 0.6) is 0 Å². The van der Waals surface area contributed by atoms with Crippen molar-refractivity contribution in [2.24, 2.45) is 5.73 Å². The van der Waals surface area contributed by atoms with Gasteiger partial charge in [0.05, 0.1) is 12.7 Å². The number of aromatic nitrogens is 2. The van der Waals surface area contributed by atoms with Crippen LogP contribution in [0.2, 0.25) is 0 Å². The number of nitrogens with two attached hydrogens (primary N) is 1. The summed E-state index contributed by atoms with van der Waals surface area (Å²) < 4.78 is 0. The normalized spacial score (nSPS) is 18.9. The lowest BCUT2D eigenvalue weighted by atomic mass is 10.0. The van der Waals surface area contributed by atoms with E-state index in [0.717, 1.165) is 25.7 Å². The SMILES string of the molecule is CCCCCCCCCCCCCCCCCCN1C(=O)C[C@@H](C(=O)N[C@@H](Cc2cnc[nH]2)C(=O)N2CCC[C@H]2C(N)=O)NC1=O. The number of unbranched alkanes of at least 4 members (excludes halogenated alkanes) is 15. The Labute approximate surface area is 274 Å². The average Bonchev–Trinajstić information content (AvgIpc) is 3.74. The molecular weight excluding hydrogens is 586 g/mol. The fourth-order valence-electron chi connectivity index (χ4n) is 6.49. The topological polar surface area (TPSA) is 171 Å². The Morgan fingerprint density at radius 1 is 0.935 bits per heavy atom. The van der Waals surface area contributed by atoms with Gasteiger partial charge in [-0.25, -0.2) is 9.78 Å². The molecule has 2 fully saturated rings. The molecule has 12 heteroatoms. The predicted octanol–water partition coefficient (Wildman–Crippen LogP) is 4.49. The molecule has 3 atom stereocenters. The number of urea groups is 1. The zero-order valence-corrected chi connectivity index (χ0v) is 27.9. The summed E-state index contributed by atoms with van der Waals surface area (Å²) in [6.07, 6.45) is 24.0. The van der Waals surface area contributed by atoms with Crippen LogP contribution in [-0.4, -0.2) is 80.6 Å². The second-order valence-corrected chi connectivity index (χ2v) is 13.0. The number of hydrogen-bond acceptors (Lipinski definition) is 6. The molecule has 2 aliphatic rings. The number of imidazole rings is 1. The van der Waals surface area contributed by atoms with Gasteiger partial charge in [-0.3, -0.25) is 24.1 Å². The third kappa shape index (κ3) is 12.4.